The molecule has 3 N–H and O–H groups in total. The number of amides is 1. The number of aliphatic carboxylic acids is 1. The van der Waals surface area contributed by atoms with Crippen LogP contribution in [0, 0.1) is 34.9 Å². The molecular weight excluding hydrogens is 565 g/mol. The zero-order chi connectivity index (χ0) is 33.8. The van der Waals surface area contributed by atoms with Gasteiger partial charge < -0.3 is 20.4 Å². The third kappa shape index (κ3) is 6.06. The van der Waals surface area contributed by atoms with Crippen LogP contribution in [0.15, 0.2) is 12.1 Å². The Hall–Kier alpha value is -3.50. The summed E-state index contributed by atoms with van der Waals surface area (Å²) in [5, 5.41) is 29.1. The van der Waals surface area contributed by atoms with Crippen LogP contribution in [0.3, 0.4) is 0 Å². The summed E-state index contributed by atoms with van der Waals surface area (Å²) in [5.74, 6) is -2.59. The highest BCUT2D eigenvalue weighted by Crippen LogP contribution is 2.60. The average Bonchev–Trinajstić information content (AvgIpc) is 3.23. The first-order valence-corrected chi connectivity index (χ1v) is 15.2. The van der Waals surface area contributed by atoms with Gasteiger partial charge in [-0.25, -0.2) is 14.2 Å². The molecule has 0 radical (unpaired) electrons. The van der Waals surface area contributed by atoms with E-state index in [0.717, 1.165) is 5.69 Å². The summed E-state index contributed by atoms with van der Waals surface area (Å²) in [7, 11) is 0. The molecule has 1 aliphatic heterocycles. The molecule has 0 bridgehead atoms. The van der Waals surface area contributed by atoms with Crippen molar-refractivity contribution < 1.29 is 29.0 Å². The van der Waals surface area contributed by atoms with Gasteiger partial charge in [-0.05, 0) is 57.9 Å². The van der Waals surface area contributed by atoms with E-state index in [1.807, 2.05) is 80.0 Å². The van der Waals surface area contributed by atoms with Gasteiger partial charge in [-0.1, -0.05) is 48.5 Å². The average molecular weight is 616 g/mol. The first kappa shape index (κ1) is 35.0. The Bertz CT molecular complexity index is 1450. The van der Waals surface area contributed by atoms with Crippen LogP contribution < -0.4 is 5.32 Å². The molecule has 1 amide bonds. The smallest absolute Gasteiger partial charge is 0.407 e. The summed E-state index contributed by atoms with van der Waals surface area (Å²) in [6.45, 7) is 22.7. The minimum absolute atomic E-state index is 0.0436. The van der Waals surface area contributed by atoms with Crippen molar-refractivity contribution in [1.29, 1.82) is 0 Å². The molecule has 2 aromatic rings. The van der Waals surface area contributed by atoms with Gasteiger partial charge in [0.1, 0.15) is 5.82 Å². The molecule has 1 aliphatic rings. The maximum atomic E-state index is 16.3. The lowest BCUT2D eigenvalue weighted by Crippen LogP contribution is -2.72. The number of carbonyl (C=O) groups is 3. The number of carbonyl (C=O) groups excluding carboxylic acids is 1. The van der Waals surface area contributed by atoms with E-state index in [1.165, 1.54) is 11.0 Å². The monoisotopic (exact) mass is 615 g/mol. The number of carboxylic acid groups (broad SMARTS) is 2. The molecule has 11 heteroatoms. The van der Waals surface area contributed by atoms with Crippen LogP contribution in [0.4, 0.5) is 20.8 Å². The fourth-order valence-corrected chi connectivity index (χ4v) is 7.48. The number of anilines is 2. The lowest BCUT2D eigenvalue weighted by atomic mass is 9.47. The first-order chi connectivity index (χ1) is 19.9. The van der Waals surface area contributed by atoms with E-state index in [-0.39, 0.29) is 48.4 Å². The molecule has 0 spiro atoms. The third-order valence-electron chi connectivity index (χ3n) is 9.41. The van der Waals surface area contributed by atoms with E-state index in [4.69, 9.17) is 0 Å². The zero-order valence-corrected chi connectivity index (χ0v) is 28.3. The molecule has 244 valence electrons. The second kappa shape index (κ2) is 11.5. The van der Waals surface area contributed by atoms with E-state index < -0.39 is 51.4 Å². The lowest BCUT2D eigenvalue weighted by Gasteiger charge is -2.64. The van der Waals surface area contributed by atoms with Crippen molar-refractivity contribution in [1.82, 2.24) is 19.7 Å². The minimum atomic E-state index is -1.60. The maximum Gasteiger partial charge on any atom is 0.407 e. The van der Waals surface area contributed by atoms with Crippen LogP contribution in [-0.4, -0.2) is 59.8 Å². The van der Waals surface area contributed by atoms with Gasteiger partial charge in [0.25, 0.3) is 0 Å². The van der Waals surface area contributed by atoms with Gasteiger partial charge in [0.05, 0.1) is 27.8 Å². The quantitative estimate of drug-likeness (QED) is 0.276. The van der Waals surface area contributed by atoms with E-state index in [1.54, 1.807) is 13.8 Å². The summed E-state index contributed by atoms with van der Waals surface area (Å²) >= 11 is 0. The maximum absolute atomic E-state index is 16.3. The standard InChI is InChI=1S/C33H50FN5O5/c1-13-22(40)20-17-23(36-24-16-19(2)39(37-24)31(9,10)11)35-21(25(20)34)18-33(27(41)42)14-15-38(28(43)44)32(12,30(6,7)8)26(33)29(3,4)5/h16-17,26H,13-15,18H2,1-12H3,(H,41,42)(H,43,44)(H,35,36,37)/t26?,32-,33-/m1/s1. The fraction of sp³-hybridized carbons (Fsp3) is 0.667. The van der Waals surface area contributed by atoms with Crippen molar-refractivity contribution >= 4 is 29.5 Å². The second-order valence-corrected chi connectivity index (χ2v) is 15.5. The number of rotatable bonds is 7. The number of hydrogen-bond donors (Lipinski definition) is 3. The Morgan fingerprint density at radius 1 is 1.05 bits per heavy atom. The summed E-state index contributed by atoms with van der Waals surface area (Å²) in [6.07, 6.45) is -1.47. The molecule has 0 saturated carbocycles. The number of aromatic nitrogens is 3. The minimum Gasteiger partial charge on any atom is -0.481 e. The van der Waals surface area contributed by atoms with Crippen molar-refractivity contribution in [3.05, 3.63) is 34.9 Å². The first-order valence-electron chi connectivity index (χ1n) is 15.2. The van der Waals surface area contributed by atoms with Crippen LogP contribution in [0.25, 0.3) is 0 Å². The molecule has 2 aromatic heterocycles. The van der Waals surface area contributed by atoms with Crippen LogP contribution in [-0.2, 0) is 16.8 Å². The van der Waals surface area contributed by atoms with Crippen molar-refractivity contribution in [3.63, 3.8) is 0 Å². The topological polar surface area (TPSA) is 138 Å². The van der Waals surface area contributed by atoms with E-state index in [9.17, 15) is 24.6 Å². The largest absolute Gasteiger partial charge is 0.481 e. The number of likely N-dealkylation sites (tertiary alicyclic amines) is 1. The van der Waals surface area contributed by atoms with Crippen LogP contribution in [0.5, 0.6) is 0 Å². The summed E-state index contributed by atoms with van der Waals surface area (Å²) in [4.78, 5) is 45.0. The number of nitrogens with one attached hydrogen (secondary N) is 1. The van der Waals surface area contributed by atoms with Crippen molar-refractivity contribution in [2.45, 2.75) is 113 Å². The van der Waals surface area contributed by atoms with Crippen molar-refractivity contribution in [3.8, 4) is 0 Å². The highest BCUT2D eigenvalue weighted by atomic mass is 19.1. The molecule has 0 aromatic carbocycles. The molecule has 1 unspecified atom stereocenters. The number of halogens is 1. The Morgan fingerprint density at radius 3 is 2.07 bits per heavy atom. The molecule has 1 saturated heterocycles. The van der Waals surface area contributed by atoms with Gasteiger partial charge in [-0.2, -0.15) is 5.10 Å². The Labute approximate surface area is 260 Å². The van der Waals surface area contributed by atoms with Crippen molar-refractivity contribution in [2.24, 2.45) is 22.2 Å². The summed E-state index contributed by atoms with van der Waals surface area (Å²) in [6, 6.07) is 3.17. The number of aryl methyl sites for hydroxylation is 1. The fourth-order valence-electron chi connectivity index (χ4n) is 7.48. The van der Waals surface area contributed by atoms with Gasteiger partial charge >= 0.3 is 12.1 Å². The Balaban J connectivity index is 2.28. The van der Waals surface area contributed by atoms with Crippen molar-refractivity contribution in [2.75, 3.05) is 11.9 Å². The predicted molar refractivity (Wildman–Crippen MR) is 168 cm³/mol. The van der Waals surface area contributed by atoms with E-state index in [0.29, 0.717) is 5.82 Å². The molecule has 3 atom stereocenters. The lowest BCUT2D eigenvalue weighted by molar-refractivity contribution is -0.188. The van der Waals surface area contributed by atoms with Crippen LogP contribution in [0.1, 0.15) is 111 Å². The summed E-state index contributed by atoms with van der Waals surface area (Å²) < 4.78 is 18.1. The molecule has 3 rings (SSSR count). The second-order valence-electron chi connectivity index (χ2n) is 15.5. The highest BCUT2D eigenvalue weighted by Gasteiger charge is 2.66. The molecule has 10 nitrogen and oxygen atoms in total. The number of piperidine rings is 1. The highest BCUT2D eigenvalue weighted by molar-refractivity contribution is 5.97. The Kier molecular flexibility index (Phi) is 9.11. The number of nitrogens with zero attached hydrogens (tertiary/aromatic N) is 4. The third-order valence-corrected chi connectivity index (χ3v) is 9.41. The van der Waals surface area contributed by atoms with E-state index in [2.05, 4.69) is 15.4 Å². The number of Topliss-reactive ketones (excluding diaryl/α,β-unsaturated/α-hetero) is 1. The summed E-state index contributed by atoms with van der Waals surface area (Å²) in [5.41, 5.74) is -3.91. The van der Waals surface area contributed by atoms with E-state index >= 15 is 4.39 Å². The number of carboxylic acids is 1. The van der Waals surface area contributed by atoms with Gasteiger partial charge in [0, 0.05) is 37.1 Å². The normalized spacial score (nSPS) is 23.0. The zero-order valence-electron chi connectivity index (χ0n) is 28.3. The molecule has 3 heterocycles. The van der Waals surface area contributed by atoms with Gasteiger partial charge in [-0.3, -0.25) is 14.3 Å². The number of ketones is 1. The predicted octanol–water partition coefficient (Wildman–Crippen LogP) is 7.28. The van der Waals surface area contributed by atoms with Crippen LogP contribution in [0.2, 0.25) is 0 Å². The number of pyridine rings is 1. The molecule has 44 heavy (non-hydrogen) atoms. The molecule has 0 aliphatic carbocycles. The Morgan fingerprint density at radius 2 is 1.64 bits per heavy atom. The number of hydrogen-bond acceptors (Lipinski definition) is 6. The van der Waals surface area contributed by atoms with Gasteiger partial charge in [0.15, 0.2) is 17.4 Å². The van der Waals surface area contributed by atoms with Crippen LogP contribution >= 0.6 is 0 Å². The molecular formula is C33H50FN5O5. The SMILES string of the molecule is CCC(=O)c1cc(Nc2cc(C)n(C(C)(C)C)n2)nc(C[C@]2(C(=O)O)CCN(C(=O)O)[C@@](C)(C(C)(C)C)C2C(C)(C)C)c1F. The van der Waals surface area contributed by atoms with Gasteiger partial charge in [0.2, 0.25) is 0 Å². The molecule has 1 fully saturated rings. The van der Waals surface area contributed by atoms with Gasteiger partial charge in [-0.15, -0.1) is 0 Å².